The first-order valence-electron chi connectivity index (χ1n) is 8.27. The largest absolute Gasteiger partial charge is 0.497 e. The molecule has 0 aliphatic carbocycles. The molecule has 0 atom stereocenters. The van der Waals surface area contributed by atoms with Crippen molar-refractivity contribution in [2.45, 2.75) is 6.42 Å². The Labute approximate surface area is 171 Å². The van der Waals surface area contributed by atoms with E-state index in [0.717, 1.165) is 10.6 Å². The summed E-state index contributed by atoms with van der Waals surface area (Å²) in [6, 6.07) is 12.2. The molecule has 0 fully saturated rings. The number of benzene rings is 2. The van der Waals surface area contributed by atoms with Crippen molar-refractivity contribution < 1.29 is 19.1 Å². The number of ether oxygens (including phenoxy) is 2. The zero-order valence-corrected chi connectivity index (χ0v) is 16.8. The van der Waals surface area contributed by atoms with Crippen LogP contribution in [0.15, 0.2) is 47.8 Å². The van der Waals surface area contributed by atoms with Crippen LogP contribution < -0.4 is 10.1 Å². The van der Waals surface area contributed by atoms with E-state index in [1.807, 2.05) is 23.6 Å². The molecule has 0 unspecified atom stereocenters. The van der Waals surface area contributed by atoms with Crippen LogP contribution in [0.4, 0.5) is 5.69 Å². The number of nitrogens with one attached hydrogen (secondary N) is 1. The van der Waals surface area contributed by atoms with Gasteiger partial charge in [0.2, 0.25) is 5.91 Å². The number of methoxy groups -OCH3 is 2. The highest BCUT2D eigenvalue weighted by Gasteiger charge is 2.17. The van der Waals surface area contributed by atoms with E-state index in [1.165, 1.54) is 31.6 Å². The quantitative estimate of drug-likeness (QED) is 0.601. The molecule has 0 aliphatic rings. The maximum absolute atomic E-state index is 12.5. The van der Waals surface area contributed by atoms with E-state index in [0.29, 0.717) is 22.2 Å². The normalized spacial score (nSPS) is 10.4. The number of rotatable bonds is 6. The van der Waals surface area contributed by atoms with Crippen molar-refractivity contribution in [1.29, 1.82) is 0 Å². The lowest BCUT2D eigenvalue weighted by Gasteiger charge is -2.11. The summed E-state index contributed by atoms with van der Waals surface area (Å²) in [4.78, 5) is 28.9. The van der Waals surface area contributed by atoms with Gasteiger partial charge in [0.25, 0.3) is 0 Å². The molecule has 1 heterocycles. The van der Waals surface area contributed by atoms with Gasteiger partial charge < -0.3 is 14.8 Å². The zero-order chi connectivity index (χ0) is 20.1. The highest BCUT2D eigenvalue weighted by Crippen LogP contribution is 2.30. The topological polar surface area (TPSA) is 77.5 Å². The fourth-order valence-electron chi connectivity index (χ4n) is 2.54. The van der Waals surface area contributed by atoms with Crippen molar-refractivity contribution in [3.8, 4) is 16.3 Å². The summed E-state index contributed by atoms with van der Waals surface area (Å²) in [7, 11) is 2.77. The minimum Gasteiger partial charge on any atom is -0.497 e. The van der Waals surface area contributed by atoms with E-state index in [-0.39, 0.29) is 17.9 Å². The van der Waals surface area contributed by atoms with Gasteiger partial charge in [0.1, 0.15) is 10.8 Å². The van der Waals surface area contributed by atoms with Gasteiger partial charge in [0.15, 0.2) is 0 Å². The number of thiazole rings is 1. The first kappa shape index (κ1) is 19.9. The molecular weight excluding hydrogens is 400 g/mol. The summed E-state index contributed by atoms with van der Waals surface area (Å²) >= 11 is 7.62. The molecule has 28 heavy (non-hydrogen) atoms. The van der Waals surface area contributed by atoms with Crippen LogP contribution in [0, 0.1) is 0 Å². The Balaban J connectivity index is 1.75. The molecule has 0 aliphatic heterocycles. The van der Waals surface area contributed by atoms with E-state index in [4.69, 9.17) is 21.1 Å². The van der Waals surface area contributed by atoms with Crippen molar-refractivity contribution in [2.24, 2.45) is 0 Å². The summed E-state index contributed by atoms with van der Waals surface area (Å²) in [5, 5.41) is 5.89. The van der Waals surface area contributed by atoms with Crippen molar-refractivity contribution in [1.82, 2.24) is 4.98 Å². The average Bonchev–Trinajstić information content (AvgIpc) is 3.16. The molecule has 3 rings (SSSR count). The maximum Gasteiger partial charge on any atom is 0.340 e. The number of esters is 1. The first-order valence-corrected chi connectivity index (χ1v) is 9.53. The predicted octanol–water partition coefficient (Wildman–Crippen LogP) is 4.44. The molecule has 1 N–H and O–H groups in total. The van der Waals surface area contributed by atoms with Gasteiger partial charge in [-0.15, -0.1) is 11.3 Å². The van der Waals surface area contributed by atoms with Crippen LogP contribution in [0.1, 0.15) is 16.1 Å². The van der Waals surface area contributed by atoms with Crippen LogP contribution >= 0.6 is 22.9 Å². The van der Waals surface area contributed by atoms with E-state index in [2.05, 4.69) is 10.3 Å². The molecule has 8 heteroatoms. The molecular formula is C20H17ClN2O4S. The summed E-state index contributed by atoms with van der Waals surface area (Å²) in [5.41, 5.74) is 2.00. The Kier molecular flexibility index (Phi) is 6.28. The third kappa shape index (κ3) is 4.49. The van der Waals surface area contributed by atoms with E-state index in [9.17, 15) is 9.59 Å². The fraction of sp³-hybridized carbons (Fsp3) is 0.150. The van der Waals surface area contributed by atoms with Crippen LogP contribution in [-0.4, -0.2) is 31.1 Å². The average molecular weight is 417 g/mol. The smallest absolute Gasteiger partial charge is 0.340 e. The van der Waals surface area contributed by atoms with Gasteiger partial charge in [-0.2, -0.15) is 0 Å². The Morgan fingerprint density at radius 2 is 1.96 bits per heavy atom. The van der Waals surface area contributed by atoms with Gasteiger partial charge in [-0.1, -0.05) is 29.8 Å². The second kappa shape index (κ2) is 8.86. The fourth-order valence-corrected chi connectivity index (χ4v) is 3.68. The number of nitrogens with zero attached hydrogens (tertiary/aromatic N) is 1. The van der Waals surface area contributed by atoms with E-state index < -0.39 is 5.97 Å². The summed E-state index contributed by atoms with van der Waals surface area (Å²) < 4.78 is 9.89. The van der Waals surface area contributed by atoms with Crippen molar-refractivity contribution in [3.05, 3.63) is 64.1 Å². The number of halogens is 1. The second-order valence-electron chi connectivity index (χ2n) is 5.75. The Morgan fingerprint density at radius 3 is 2.68 bits per heavy atom. The van der Waals surface area contributed by atoms with Crippen molar-refractivity contribution >= 4 is 40.5 Å². The van der Waals surface area contributed by atoms with Crippen LogP contribution in [0.25, 0.3) is 10.6 Å². The molecule has 0 bridgehead atoms. The molecule has 3 aromatic rings. The molecule has 0 radical (unpaired) electrons. The van der Waals surface area contributed by atoms with E-state index >= 15 is 0 Å². The Hall–Kier alpha value is -2.90. The van der Waals surface area contributed by atoms with E-state index in [1.54, 1.807) is 18.2 Å². The maximum atomic E-state index is 12.5. The summed E-state index contributed by atoms with van der Waals surface area (Å²) in [6.07, 6.45) is 0.0631. The zero-order valence-electron chi connectivity index (χ0n) is 15.2. The lowest BCUT2D eigenvalue weighted by molar-refractivity contribution is -0.115. The summed E-state index contributed by atoms with van der Waals surface area (Å²) in [5.74, 6) is -0.377. The SMILES string of the molecule is COC(=O)c1cc(OC)ccc1NC(=O)Cc1csc(-c2ccccc2Cl)n1. The second-order valence-corrected chi connectivity index (χ2v) is 7.02. The van der Waals surface area contributed by atoms with Crippen molar-refractivity contribution in [3.63, 3.8) is 0 Å². The number of hydrogen-bond donors (Lipinski definition) is 1. The molecule has 6 nitrogen and oxygen atoms in total. The van der Waals surface area contributed by atoms with Crippen LogP contribution in [-0.2, 0) is 16.0 Å². The van der Waals surface area contributed by atoms with Gasteiger partial charge in [-0.05, 0) is 24.3 Å². The molecule has 2 aromatic carbocycles. The minimum absolute atomic E-state index is 0.0631. The van der Waals surface area contributed by atoms with Crippen molar-refractivity contribution in [2.75, 3.05) is 19.5 Å². The lowest BCUT2D eigenvalue weighted by Crippen LogP contribution is -2.17. The molecule has 1 amide bonds. The molecule has 0 spiro atoms. The van der Waals surface area contributed by atoms with Gasteiger partial charge in [0, 0.05) is 10.9 Å². The molecule has 0 saturated carbocycles. The standard InChI is InChI=1S/C20H17ClN2O4S/c1-26-13-7-8-17(15(10-13)20(25)27-2)23-18(24)9-12-11-28-19(22-12)14-5-3-4-6-16(14)21/h3-8,10-11H,9H2,1-2H3,(H,23,24). The van der Waals surface area contributed by atoms with Crippen LogP contribution in [0.5, 0.6) is 5.75 Å². The first-order chi connectivity index (χ1) is 13.5. The Morgan fingerprint density at radius 1 is 1.18 bits per heavy atom. The molecule has 144 valence electrons. The molecule has 0 saturated heterocycles. The Bertz CT molecular complexity index is 1020. The number of carbonyl (C=O) groups excluding carboxylic acids is 2. The molecule has 1 aromatic heterocycles. The lowest BCUT2D eigenvalue weighted by atomic mass is 10.1. The summed E-state index contributed by atoms with van der Waals surface area (Å²) in [6.45, 7) is 0. The number of hydrogen-bond acceptors (Lipinski definition) is 6. The van der Waals surface area contributed by atoms with Gasteiger partial charge in [-0.3, -0.25) is 4.79 Å². The van der Waals surface area contributed by atoms with Gasteiger partial charge in [-0.25, -0.2) is 9.78 Å². The van der Waals surface area contributed by atoms with Gasteiger partial charge in [0.05, 0.1) is 42.6 Å². The van der Waals surface area contributed by atoms with Gasteiger partial charge >= 0.3 is 5.97 Å². The number of anilines is 1. The number of amides is 1. The number of carbonyl (C=O) groups is 2. The third-order valence-electron chi connectivity index (χ3n) is 3.90. The van der Waals surface area contributed by atoms with Crippen LogP contribution in [0.3, 0.4) is 0 Å². The highest BCUT2D eigenvalue weighted by atomic mass is 35.5. The monoisotopic (exact) mass is 416 g/mol. The third-order valence-corrected chi connectivity index (χ3v) is 5.16. The number of aromatic nitrogens is 1. The predicted molar refractivity (Wildman–Crippen MR) is 109 cm³/mol. The highest BCUT2D eigenvalue weighted by molar-refractivity contribution is 7.13. The minimum atomic E-state index is -0.566. The van der Waals surface area contributed by atoms with Crippen LogP contribution in [0.2, 0.25) is 5.02 Å².